The number of anilines is 1. The number of fused-ring (bicyclic) bond motifs is 2. The summed E-state index contributed by atoms with van der Waals surface area (Å²) in [6, 6.07) is 12.2. The second-order valence-electron chi connectivity index (χ2n) is 5.39. The molecule has 0 saturated heterocycles. The normalized spacial score (nSPS) is 14.0. The van der Waals surface area contributed by atoms with E-state index in [9.17, 15) is 4.79 Å². The molecule has 0 unspecified atom stereocenters. The maximum absolute atomic E-state index is 11.4. The lowest BCUT2D eigenvalue weighted by molar-refractivity contribution is -0.116. The smallest absolute Gasteiger partial charge is 0.224 e. The Kier molecular flexibility index (Phi) is 2.57. The van der Waals surface area contributed by atoms with E-state index in [2.05, 4.69) is 22.7 Å². The second kappa shape index (κ2) is 4.45. The van der Waals surface area contributed by atoms with Crippen LogP contribution in [0.5, 0.6) is 0 Å². The van der Waals surface area contributed by atoms with Gasteiger partial charge in [-0.25, -0.2) is 4.98 Å². The number of nitrogens with one attached hydrogen (secondary N) is 1. The number of carbonyl (C=O) groups is 1. The highest BCUT2D eigenvalue weighted by Crippen LogP contribution is 2.30. The molecule has 1 aromatic carbocycles. The Morgan fingerprint density at radius 2 is 2.10 bits per heavy atom. The number of amides is 1. The van der Waals surface area contributed by atoms with Crippen molar-refractivity contribution >= 4 is 17.2 Å². The molecule has 104 valence electrons. The lowest BCUT2D eigenvalue weighted by Gasteiger charge is -2.17. The molecule has 4 rings (SSSR count). The van der Waals surface area contributed by atoms with Crippen LogP contribution < -0.4 is 5.32 Å². The Balaban J connectivity index is 1.85. The van der Waals surface area contributed by atoms with Crippen molar-refractivity contribution < 1.29 is 4.79 Å². The Hall–Kier alpha value is -2.62. The fraction of sp³-hybridized carbons (Fsp3) is 0.176. The van der Waals surface area contributed by atoms with Crippen LogP contribution in [0.3, 0.4) is 0 Å². The fourth-order valence-electron chi connectivity index (χ4n) is 2.92. The number of carbonyl (C=O) groups excluding carboxylic acids is 1. The number of benzene rings is 1. The Morgan fingerprint density at radius 1 is 1.19 bits per heavy atom. The van der Waals surface area contributed by atoms with Gasteiger partial charge in [-0.3, -0.25) is 4.79 Å². The van der Waals surface area contributed by atoms with E-state index in [4.69, 9.17) is 4.98 Å². The molecule has 2 aromatic heterocycles. The molecule has 0 bridgehead atoms. The molecule has 3 heterocycles. The molecule has 1 N–H and O–H groups in total. The summed E-state index contributed by atoms with van der Waals surface area (Å²) in [6.07, 6.45) is 3.38. The predicted molar refractivity (Wildman–Crippen MR) is 82.3 cm³/mol. The van der Waals surface area contributed by atoms with E-state index in [0.29, 0.717) is 6.42 Å². The lowest BCUT2D eigenvalue weighted by Crippen LogP contribution is -2.18. The third kappa shape index (κ3) is 1.91. The van der Waals surface area contributed by atoms with Crippen molar-refractivity contribution in [2.24, 2.45) is 0 Å². The summed E-state index contributed by atoms with van der Waals surface area (Å²) in [6.45, 7) is 2.08. The highest BCUT2D eigenvalue weighted by molar-refractivity contribution is 5.94. The van der Waals surface area contributed by atoms with E-state index in [1.165, 1.54) is 5.56 Å². The molecule has 0 saturated carbocycles. The summed E-state index contributed by atoms with van der Waals surface area (Å²) in [5.41, 5.74) is 6.30. The van der Waals surface area contributed by atoms with Crippen LogP contribution in [0, 0.1) is 6.92 Å². The topological polar surface area (TPSA) is 46.4 Å². The molecule has 21 heavy (non-hydrogen) atoms. The number of imidazole rings is 1. The zero-order valence-electron chi connectivity index (χ0n) is 11.8. The van der Waals surface area contributed by atoms with Crippen LogP contribution >= 0.6 is 0 Å². The summed E-state index contributed by atoms with van der Waals surface area (Å²) >= 11 is 0. The molecule has 0 atom stereocenters. The predicted octanol–water partition coefficient (Wildman–Crippen LogP) is 3.19. The molecule has 3 aromatic rings. The minimum absolute atomic E-state index is 0.0964. The maximum Gasteiger partial charge on any atom is 0.224 e. The van der Waals surface area contributed by atoms with Gasteiger partial charge < -0.3 is 9.72 Å². The van der Waals surface area contributed by atoms with Gasteiger partial charge >= 0.3 is 0 Å². The van der Waals surface area contributed by atoms with Crippen LogP contribution in [0.1, 0.15) is 17.7 Å². The highest BCUT2D eigenvalue weighted by atomic mass is 16.1. The zero-order valence-corrected chi connectivity index (χ0v) is 11.8. The quantitative estimate of drug-likeness (QED) is 0.742. The van der Waals surface area contributed by atoms with Crippen molar-refractivity contribution in [3.63, 3.8) is 0 Å². The second-order valence-corrected chi connectivity index (χ2v) is 5.39. The van der Waals surface area contributed by atoms with Crippen molar-refractivity contribution in [2.75, 3.05) is 5.32 Å². The molecule has 4 heteroatoms. The van der Waals surface area contributed by atoms with E-state index in [1.54, 1.807) is 0 Å². The Labute approximate surface area is 122 Å². The molecular weight excluding hydrogens is 262 g/mol. The molecule has 0 radical (unpaired) electrons. The first-order valence-electron chi connectivity index (χ1n) is 7.09. The van der Waals surface area contributed by atoms with Gasteiger partial charge in [0.05, 0.1) is 5.69 Å². The van der Waals surface area contributed by atoms with Crippen LogP contribution in [0.2, 0.25) is 0 Å². The van der Waals surface area contributed by atoms with Gasteiger partial charge in [0, 0.05) is 29.6 Å². The first-order chi connectivity index (χ1) is 10.2. The van der Waals surface area contributed by atoms with E-state index in [-0.39, 0.29) is 5.91 Å². The van der Waals surface area contributed by atoms with Gasteiger partial charge in [0.2, 0.25) is 5.91 Å². The van der Waals surface area contributed by atoms with Crippen molar-refractivity contribution in [1.82, 2.24) is 9.38 Å². The number of nitrogens with zero attached hydrogens (tertiary/aromatic N) is 2. The first kappa shape index (κ1) is 12.1. The molecule has 1 amide bonds. The van der Waals surface area contributed by atoms with E-state index in [0.717, 1.165) is 34.7 Å². The van der Waals surface area contributed by atoms with E-state index >= 15 is 0 Å². The summed E-state index contributed by atoms with van der Waals surface area (Å²) in [5.74, 6) is 0.0964. The van der Waals surface area contributed by atoms with E-state index < -0.39 is 0 Å². The van der Waals surface area contributed by atoms with Gasteiger partial charge in [-0.15, -0.1) is 0 Å². The molecular formula is C17H15N3O. The maximum atomic E-state index is 11.4. The van der Waals surface area contributed by atoms with Crippen LogP contribution in [-0.2, 0) is 11.2 Å². The number of pyridine rings is 1. The number of aromatic nitrogens is 2. The molecule has 0 fully saturated rings. The monoisotopic (exact) mass is 277 g/mol. The van der Waals surface area contributed by atoms with Crippen LogP contribution in [0.4, 0.5) is 5.69 Å². The van der Waals surface area contributed by atoms with Gasteiger partial charge in [-0.2, -0.15) is 0 Å². The minimum Gasteiger partial charge on any atom is -0.326 e. The average Bonchev–Trinajstić information content (AvgIpc) is 2.84. The number of rotatable bonds is 1. The van der Waals surface area contributed by atoms with Crippen molar-refractivity contribution in [3.05, 3.63) is 53.9 Å². The SMILES string of the molecule is Cc1c(-c2ccc3c(c2)CCC(=O)N3)nc2ccccn12. The van der Waals surface area contributed by atoms with E-state index in [1.807, 2.05) is 36.5 Å². The van der Waals surface area contributed by atoms with Gasteiger partial charge in [0.15, 0.2) is 0 Å². The summed E-state index contributed by atoms with van der Waals surface area (Å²) in [7, 11) is 0. The number of aryl methyl sites for hydroxylation is 2. The summed E-state index contributed by atoms with van der Waals surface area (Å²) in [5, 5.41) is 2.92. The summed E-state index contributed by atoms with van der Waals surface area (Å²) in [4.78, 5) is 16.1. The minimum atomic E-state index is 0.0964. The number of hydrogen-bond acceptors (Lipinski definition) is 2. The third-order valence-electron chi connectivity index (χ3n) is 4.04. The lowest BCUT2D eigenvalue weighted by atomic mass is 9.99. The van der Waals surface area contributed by atoms with Crippen LogP contribution in [0.25, 0.3) is 16.9 Å². The van der Waals surface area contributed by atoms with Crippen LogP contribution in [0.15, 0.2) is 42.6 Å². The molecule has 1 aliphatic heterocycles. The fourth-order valence-corrected chi connectivity index (χ4v) is 2.92. The van der Waals surface area contributed by atoms with Gasteiger partial charge in [0.25, 0.3) is 0 Å². The first-order valence-corrected chi connectivity index (χ1v) is 7.09. The van der Waals surface area contributed by atoms with Gasteiger partial charge in [-0.1, -0.05) is 12.1 Å². The third-order valence-corrected chi connectivity index (χ3v) is 4.04. The van der Waals surface area contributed by atoms with Crippen molar-refractivity contribution in [3.8, 4) is 11.3 Å². The Morgan fingerprint density at radius 3 is 2.95 bits per heavy atom. The molecule has 4 nitrogen and oxygen atoms in total. The van der Waals surface area contributed by atoms with Gasteiger partial charge in [0.1, 0.15) is 5.65 Å². The molecule has 0 aliphatic carbocycles. The van der Waals surface area contributed by atoms with Crippen molar-refractivity contribution in [2.45, 2.75) is 19.8 Å². The zero-order chi connectivity index (χ0) is 14.4. The van der Waals surface area contributed by atoms with Gasteiger partial charge in [-0.05, 0) is 43.2 Å². The highest BCUT2D eigenvalue weighted by Gasteiger charge is 2.17. The largest absolute Gasteiger partial charge is 0.326 e. The number of hydrogen-bond donors (Lipinski definition) is 1. The van der Waals surface area contributed by atoms with Crippen molar-refractivity contribution in [1.29, 1.82) is 0 Å². The van der Waals surface area contributed by atoms with Crippen LogP contribution in [-0.4, -0.2) is 15.3 Å². The standard InChI is InChI=1S/C17H15N3O/c1-11-17(19-15-4-2-3-9-20(11)15)13-5-7-14-12(10-13)6-8-16(21)18-14/h2-5,7,9-10H,6,8H2,1H3,(H,18,21). The average molecular weight is 277 g/mol. The summed E-state index contributed by atoms with van der Waals surface area (Å²) < 4.78 is 2.09. The molecule has 1 aliphatic rings. The molecule has 0 spiro atoms. The Bertz CT molecular complexity index is 864.